The van der Waals surface area contributed by atoms with E-state index in [2.05, 4.69) is 20.4 Å². The van der Waals surface area contributed by atoms with Gasteiger partial charge in [0, 0.05) is 6.07 Å². The summed E-state index contributed by atoms with van der Waals surface area (Å²) in [5, 5.41) is 0. The van der Waals surface area contributed by atoms with Gasteiger partial charge in [0.05, 0.1) is 0 Å². The summed E-state index contributed by atoms with van der Waals surface area (Å²) in [6, 6.07) is 3.52. The third kappa shape index (κ3) is 3.82. The molecule has 0 N–H and O–H groups in total. The molecule has 0 saturated carbocycles. The molecule has 1 rings (SSSR count). The zero-order valence-corrected chi connectivity index (χ0v) is 9.19. The molecule has 0 bridgehead atoms. The van der Waals surface area contributed by atoms with Crippen molar-refractivity contribution in [1.29, 1.82) is 0 Å². The van der Waals surface area contributed by atoms with E-state index in [1.54, 1.807) is 0 Å². The Morgan fingerprint density at radius 3 is 2.20 bits per heavy atom. The van der Waals surface area contributed by atoms with Crippen LogP contribution in [0.4, 0.5) is 8.78 Å². The molecule has 0 unspecified atom stereocenters. The summed E-state index contributed by atoms with van der Waals surface area (Å²) >= 11 is 0. The molecule has 0 atom stereocenters. The minimum absolute atomic E-state index is 0.546. The number of hydrogen-bond acceptors (Lipinski definition) is 0. The molecule has 0 heterocycles. The number of allylic oxidation sites excluding steroid dienone is 1. The third-order valence-corrected chi connectivity index (χ3v) is 2.29. The van der Waals surface area contributed by atoms with Crippen molar-refractivity contribution in [2.45, 2.75) is 26.7 Å². The Morgan fingerprint density at radius 2 is 1.73 bits per heavy atom. The van der Waals surface area contributed by atoms with E-state index >= 15 is 0 Å². The van der Waals surface area contributed by atoms with Crippen LogP contribution in [0, 0.1) is 17.6 Å². The Morgan fingerprint density at radius 1 is 1.20 bits per heavy atom. The minimum Gasteiger partial charge on any atom is -0.207 e. The van der Waals surface area contributed by atoms with E-state index in [1.807, 2.05) is 0 Å². The molecule has 0 radical (unpaired) electrons. The van der Waals surface area contributed by atoms with Crippen LogP contribution in [-0.4, -0.2) is 0 Å². The predicted octanol–water partition coefficient (Wildman–Crippen LogP) is 4.41. The lowest BCUT2D eigenvalue weighted by atomic mass is 9.98. The van der Waals surface area contributed by atoms with Gasteiger partial charge in [-0.2, -0.15) is 0 Å². The predicted molar refractivity (Wildman–Crippen MR) is 59.5 cm³/mol. The van der Waals surface area contributed by atoms with Gasteiger partial charge in [0.15, 0.2) is 0 Å². The first kappa shape index (κ1) is 11.9. The van der Waals surface area contributed by atoms with Crippen molar-refractivity contribution in [2.24, 2.45) is 5.92 Å². The topological polar surface area (TPSA) is 0 Å². The Hall–Kier alpha value is -1.18. The molecule has 0 fully saturated rings. The number of rotatable bonds is 4. The molecule has 0 nitrogen and oxygen atoms in total. The van der Waals surface area contributed by atoms with E-state index < -0.39 is 11.6 Å². The first-order chi connectivity index (χ1) is 6.99. The zero-order chi connectivity index (χ0) is 11.4. The molecule has 15 heavy (non-hydrogen) atoms. The summed E-state index contributed by atoms with van der Waals surface area (Å²) in [5.41, 5.74) is 1.36. The van der Waals surface area contributed by atoms with Crippen LogP contribution in [0.1, 0.15) is 32.3 Å². The van der Waals surface area contributed by atoms with Gasteiger partial charge in [0.1, 0.15) is 11.6 Å². The van der Waals surface area contributed by atoms with E-state index in [4.69, 9.17) is 0 Å². The van der Waals surface area contributed by atoms with Crippen LogP contribution < -0.4 is 0 Å². The lowest BCUT2D eigenvalue weighted by molar-refractivity contribution is 0.580. The van der Waals surface area contributed by atoms with E-state index in [0.717, 1.165) is 24.5 Å². The van der Waals surface area contributed by atoms with Gasteiger partial charge < -0.3 is 0 Å². The van der Waals surface area contributed by atoms with Crippen molar-refractivity contribution in [2.75, 3.05) is 0 Å². The quantitative estimate of drug-likeness (QED) is 0.690. The number of benzene rings is 1. The summed E-state index contributed by atoms with van der Waals surface area (Å²) in [6.45, 7) is 8.07. The highest BCUT2D eigenvalue weighted by atomic mass is 19.1. The van der Waals surface area contributed by atoms with E-state index in [0.29, 0.717) is 11.5 Å². The maximum Gasteiger partial charge on any atom is 0.126 e. The van der Waals surface area contributed by atoms with Gasteiger partial charge >= 0.3 is 0 Å². The average molecular weight is 210 g/mol. The molecule has 0 aliphatic rings. The fraction of sp³-hybridized carbons (Fsp3) is 0.385. The molecule has 2 heteroatoms. The molecular formula is C13H16F2. The van der Waals surface area contributed by atoms with Crippen LogP contribution in [0.2, 0.25) is 0 Å². The van der Waals surface area contributed by atoms with Gasteiger partial charge in [0.25, 0.3) is 0 Å². The second kappa shape index (κ2) is 5.06. The number of hydrogen-bond donors (Lipinski definition) is 0. The van der Waals surface area contributed by atoms with Gasteiger partial charge in [-0.3, -0.25) is 0 Å². The highest BCUT2D eigenvalue weighted by Crippen LogP contribution is 2.22. The Bertz CT molecular complexity index is 333. The lowest BCUT2D eigenvalue weighted by Gasteiger charge is -2.08. The molecule has 0 amide bonds. The fourth-order valence-electron chi connectivity index (χ4n) is 1.37. The normalized spacial score (nSPS) is 10.7. The van der Waals surface area contributed by atoms with Gasteiger partial charge in [-0.15, -0.1) is 0 Å². The van der Waals surface area contributed by atoms with Gasteiger partial charge in [-0.1, -0.05) is 20.4 Å². The van der Waals surface area contributed by atoms with Crippen molar-refractivity contribution in [3.8, 4) is 0 Å². The molecular weight excluding hydrogens is 194 g/mol. The average Bonchev–Trinajstić information content (AvgIpc) is 2.12. The fourth-order valence-corrected chi connectivity index (χ4v) is 1.37. The van der Waals surface area contributed by atoms with Crippen LogP contribution in [0.15, 0.2) is 24.8 Å². The molecule has 82 valence electrons. The number of halogens is 2. The highest BCUT2D eigenvalue weighted by Gasteiger charge is 2.05. The largest absolute Gasteiger partial charge is 0.207 e. The highest BCUT2D eigenvalue weighted by molar-refractivity contribution is 5.63. The maximum atomic E-state index is 12.9. The Kier molecular flexibility index (Phi) is 4.01. The van der Waals surface area contributed by atoms with Gasteiger partial charge in [-0.05, 0) is 42.0 Å². The Balaban J connectivity index is 2.73. The first-order valence-electron chi connectivity index (χ1n) is 5.13. The summed E-state index contributed by atoms with van der Waals surface area (Å²) in [5.74, 6) is -0.522. The zero-order valence-electron chi connectivity index (χ0n) is 9.19. The molecule has 0 aliphatic heterocycles. The van der Waals surface area contributed by atoms with E-state index in [9.17, 15) is 8.78 Å². The van der Waals surface area contributed by atoms with Gasteiger partial charge in [0.2, 0.25) is 0 Å². The molecule has 0 saturated heterocycles. The van der Waals surface area contributed by atoms with Gasteiger partial charge in [-0.25, -0.2) is 8.78 Å². The Labute approximate surface area is 89.6 Å². The van der Waals surface area contributed by atoms with Crippen molar-refractivity contribution in [3.05, 3.63) is 42.0 Å². The molecule has 0 aliphatic carbocycles. The first-order valence-corrected chi connectivity index (χ1v) is 5.13. The molecule has 0 spiro atoms. The summed E-state index contributed by atoms with van der Waals surface area (Å²) in [7, 11) is 0. The summed E-state index contributed by atoms with van der Waals surface area (Å²) < 4.78 is 25.8. The van der Waals surface area contributed by atoms with E-state index in [1.165, 1.54) is 12.1 Å². The minimum atomic E-state index is -0.546. The monoisotopic (exact) mass is 210 g/mol. The molecule has 1 aromatic rings. The van der Waals surface area contributed by atoms with Crippen LogP contribution in [0.25, 0.3) is 5.57 Å². The second-order valence-corrected chi connectivity index (χ2v) is 4.19. The van der Waals surface area contributed by atoms with Crippen molar-refractivity contribution in [1.82, 2.24) is 0 Å². The molecule has 1 aromatic carbocycles. The molecule has 0 aromatic heterocycles. The lowest BCUT2D eigenvalue weighted by Crippen LogP contribution is -1.91. The summed E-state index contributed by atoms with van der Waals surface area (Å²) in [4.78, 5) is 0. The van der Waals surface area contributed by atoms with Crippen LogP contribution in [0.3, 0.4) is 0 Å². The standard InChI is InChI=1S/C13H16F2/c1-9(2)4-5-10(3)11-6-12(14)8-13(15)7-11/h6-9H,3-5H2,1-2H3. The van der Waals surface area contributed by atoms with Crippen LogP contribution >= 0.6 is 0 Å². The smallest absolute Gasteiger partial charge is 0.126 e. The SMILES string of the molecule is C=C(CCC(C)C)c1cc(F)cc(F)c1. The van der Waals surface area contributed by atoms with Crippen LogP contribution in [-0.2, 0) is 0 Å². The second-order valence-electron chi connectivity index (χ2n) is 4.19. The maximum absolute atomic E-state index is 12.9. The van der Waals surface area contributed by atoms with Crippen molar-refractivity contribution >= 4 is 5.57 Å². The van der Waals surface area contributed by atoms with Crippen molar-refractivity contribution < 1.29 is 8.78 Å². The van der Waals surface area contributed by atoms with Crippen molar-refractivity contribution in [3.63, 3.8) is 0 Å². The van der Waals surface area contributed by atoms with Crippen LogP contribution in [0.5, 0.6) is 0 Å². The van der Waals surface area contributed by atoms with E-state index in [-0.39, 0.29) is 0 Å². The third-order valence-electron chi connectivity index (χ3n) is 2.29. The summed E-state index contributed by atoms with van der Waals surface area (Å²) in [6.07, 6.45) is 1.76.